The zero-order valence-corrected chi connectivity index (χ0v) is 13.4. The van der Waals surface area contributed by atoms with Gasteiger partial charge in [-0.25, -0.2) is 13.1 Å². The third-order valence-corrected chi connectivity index (χ3v) is 6.22. The van der Waals surface area contributed by atoms with Crippen molar-refractivity contribution < 1.29 is 8.42 Å². The Morgan fingerprint density at radius 1 is 1.24 bits per heavy atom. The van der Waals surface area contributed by atoms with Crippen LogP contribution in [0.25, 0.3) is 0 Å². The summed E-state index contributed by atoms with van der Waals surface area (Å²) in [6.45, 7) is 3.69. The maximum absolute atomic E-state index is 12.5. The van der Waals surface area contributed by atoms with E-state index >= 15 is 0 Å². The number of rotatable bonds is 4. The Morgan fingerprint density at radius 3 is 2.76 bits per heavy atom. The second kappa shape index (κ2) is 5.61. The number of hydrogen-bond donors (Lipinski definition) is 2. The summed E-state index contributed by atoms with van der Waals surface area (Å²) in [6.07, 6.45) is 6.66. The van der Waals surface area contributed by atoms with Crippen molar-refractivity contribution in [3.63, 3.8) is 0 Å². The number of aryl methyl sites for hydroxylation is 1. The van der Waals surface area contributed by atoms with Crippen LogP contribution in [0.1, 0.15) is 44.6 Å². The van der Waals surface area contributed by atoms with E-state index in [0.29, 0.717) is 11.4 Å². The fraction of sp³-hybridized carbons (Fsp3) is 0.625. The third kappa shape index (κ3) is 3.24. The Balaban J connectivity index is 1.75. The summed E-state index contributed by atoms with van der Waals surface area (Å²) in [5, 5.41) is 3.31. The van der Waals surface area contributed by atoms with Crippen molar-refractivity contribution in [2.75, 3.05) is 18.4 Å². The van der Waals surface area contributed by atoms with Crippen LogP contribution in [0.3, 0.4) is 0 Å². The maximum atomic E-state index is 12.5. The SMILES string of the molecule is CC1(CNS(=O)(=O)c2ccc3c(c2)CCCN3)CCCC1. The minimum atomic E-state index is -3.40. The minimum Gasteiger partial charge on any atom is -0.385 e. The van der Waals surface area contributed by atoms with Gasteiger partial charge in [0.25, 0.3) is 0 Å². The monoisotopic (exact) mass is 308 g/mol. The summed E-state index contributed by atoms with van der Waals surface area (Å²) in [5.74, 6) is 0. The summed E-state index contributed by atoms with van der Waals surface area (Å²) in [4.78, 5) is 0.395. The smallest absolute Gasteiger partial charge is 0.240 e. The number of anilines is 1. The van der Waals surface area contributed by atoms with E-state index in [4.69, 9.17) is 0 Å². The molecule has 0 atom stereocenters. The van der Waals surface area contributed by atoms with Crippen LogP contribution < -0.4 is 10.0 Å². The molecule has 1 heterocycles. The number of nitrogens with one attached hydrogen (secondary N) is 2. The van der Waals surface area contributed by atoms with Gasteiger partial charge in [-0.2, -0.15) is 0 Å². The number of benzene rings is 1. The van der Waals surface area contributed by atoms with Crippen molar-refractivity contribution >= 4 is 15.7 Å². The zero-order chi connectivity index (χ0) is 14.9. The molecule has 1 saturated carbocycles. The van der Waals surface area contributed by atoms with Crippen molar-refractivity contribution in [2.45, 2.75) is 50.3 Å². The van der Waals surface area contributed by atoms with Crippen LogP contribution in [-0.2, 0) is 16.4 Å². The van der Waals surface area contributed by atoms with Gasteiger partial charge in [0, 0.05) is 18.8 Å². The van der Waals surface area contributed by atoms with E-state index in [2.05, 4.69) is 17.0 Å². The Morgan fingerprint density at radius 2 is 2.00 bits per heavy atom. The van der Waals surface area contributed by atoms with Crippen LogP contribution in [0.15, 0.2) is 23.1 Å². The first-order valence-electron chi connectivity index (χ1n) is 7.85. The lowest BCUT2D eigenvalue weighted by Crippen LogP contribution is -2.34. The molecule has 0 spiro atoms. The van der Waals surface area contributed by atoms with Gasteiger partial charge in [0.05, 0.1) is 4.90 Å². The summed E-state index contributed by atoms with van der Waals surface area (Å²) in [5.41, 5.74) is 2.31. The molecule has 1 fully saturated rings. The van der Waals surface area contributed by atoms with E-state index in [1.165, 1.54) is 12.8 Å². The topological polar surface area (TPSA) is 58.2 Å². The average molecular weight is 308 g/mol. The van der Waals surface area contributed by atoms with Crippen LogP contribution in [0.5, 0.6) is 0 Å². The molecule has 3 rings (SSSR count). The lowest BCUT2D eigenvalue weighted by molar-refractivity contribution is 0.336. The van der Waals surface area contributed by atoms with Gasteiger partial charge in [0.2, 0.25) is 10.0 Å². The molecule has 5 heteroatoms. The van der Waals surface area contributed by atoms with Crippen molar-refractivity contribution in [1.82, 2.24) is 4.72 Å². The highest BCUT2D eigenvalue weighted by Crippen LogP contribution is 2.37. The Bertz CT molecular complexity index is 619. The predicted octanol–water partition coefficient (Wildman–Crippen LogP) is 2.90. The first-order valence-corrected chi connectivity index (χ1v) is 9.33. The quantitative estimate of drug-likeness (QED) is 0.899. The first kappa shape index (κ1) is 14.9. The molecule has 1 aromatic carbocycles. The molecule has 1 aliphatic carbocycles. The molecule has 1 aromatic rings. The molecule has 2 N–H and O–H groups in total. The van der Waals surface area contributed by atoms with Crippen molar-refractivity contribution in [3.05, 3.63) is 23.8 Å². The van der Waals surface area contributed by atoms with E-state index in [1.54, 1.807) is 6.07 Å². The highest BCUT2D eigenvalue weighted by Gasteiger charge is 2.30. The van der Waals surface area contributed by atoms with E-state index < -0.39 is 10.0 Å². The predicted molar refractivity (Wildman–Crippen MR) is 85.0 cm³/mol. The van der Waals surface area contributed by atoms with Crippen molar-refractivity contribution in [2.24, 2.45) is 5.41 Å². The largest absolute Gasteiger partial charge is 0.385 e. The van der Waals surface area contributed by atoms with Gasteiger partial charge < -0.3 is 5.32 Å². The highest BCUT2D eigenvalue weighted by atomic mass is 32.2. The molecule has 2 aliphatic rings. The second-order valence-corrected chi connectivity index (χ2v) is 8.46. The van der Waals surface area contributed by atoms with Crippen LogP contribution in [0.4, 0.5) is 5.69 Å². The molecule has 0 bridgehead atoms. The summed E-state index contributed by atoms with van der Waals surface area (Å²) < 4.78 is 27.8. The van der Waals surface area contributed by atoms with Gasteiger partial charge in [0.15, 0.2) is 0 Å². The third-order valence-electron chi connectivity index (χ3n) is 4.82. The van der Waals surface area contributed by atoms with E-state index in [9.17, 15) is 8.42 Å². The lowest BCUT2D eigenvalue weighted by atomic mass is 9.89. The Kier molecular flexibility index (Phi) is 3.97. The van der Waals surface area contributed by atoms with Gasteiger partial charge >= 0.3 is 0 Å². The Labute approximate surface area is 127 Å². The van der Waals surface area contributed by atoms with Crippen LogP contribution in [0.2, 0.25) is 0 Å². The lowest BCUT2D eigenvalue weighted by Gasteiger charge is -2.24. The van der Waals surface area contributed by atoms with Gasteiger partial charge in [-0.1, -0.05) is 19.8 Å². The van der Waals surface area contributed by atoms with E-state index in [0.717, 1.165) is 43.5 Å². The second-order valence-electron chi connectivity index (χ2n) is 6.69. The molecule has 0 unspecified atom stereocenters. The molecule has 1 aliphatic heterocycles. The van der Waals surface area contributed by atoms with Gasteiger partial charge in [0.1, 0.15) is 0 Å². The van der Waals surface area contributed by atoms with Crippen LogP contribution in [0, 0.1) is 5.41 Å². The summed E-state index contributed by atoms with van der Waals surface area (Å²) >= 11 is 0. The zero-order valence-electron chi connectivity index (χ0n) is 12.6. The van der Waals surface area contributed by atoms with Gasteiger partial charge in [-0.05, 0) is 54.9 Å². The first-order chi connectivity index (χ1) is 9.99. The molecule has 21 heavy (non-hydrogen) atoms. The standard InChI is InChI=1S/C16H24N2O2S/c1-16(8-2-3-9-16)12-18-21(19,20)14-6-7-15-13(11-14)5-4-10-17-15/h6-7,11,17-18H,2-5,8-10,12H2,1H3. The maximum Gasteiger partial charge on any atom is 0.240 e. The normalized spacial score (nSPS) is 20.8. The number of hydrogen-bond acceptors (Lipinski definition) is 3. The molecule has 0 amide bonds. The summed E-state index contributed by atoms with van der Waals surface area (Å²) in [6, 6.07) is 5.41. The van der Waals surface area contributed by atoms with Crippen molar-refractivity contribution in [3.8, 4) is 0 Å². The molecular formula is C16H24N2O2S. The average Bonchev–Trinajstić information content (AvgIpc) is 2.92. The molecule has 116 valence electrons. The molecule has 0 aromatic heterocycles. The molecule has 0 saturated heterocycles. The fourth-order valence-corrected chi connectivity index (χ4v) is 4.63. The number of fused-ring (bicyclic) bond motifs is 1. The highest BCUT2D eigenvalue weighted by molar-refractivity contribution is 7.89. The fourth-order valence-electron chi connectivity index (χ4n) is 3.38. The van der Waals surface area contributed by atoms with Gasteiger partial charge in [-0.3, -0.25) is 0 Å². The van der Waals surface area contributed by atoms with Crippen LogP contribution >= 0.6 is 0 Å². The Hall–Kier alpha value is -1.07. The minimum absolute atomic E-state index is 0.128. The van der Waals surface area contributed by atoms with Crippen LogP contribution in [-0.4, -0.2) is 21.5 Å². The van der Waals surface area contributed by atoms with Crippen molar-refractivity contribution in [1.29, 1.82) is 0 Å². The molecule has 4 nitrogen and oxygen atoms in total. The van der Waals surface area contributed by atoms with Gasteiger partial charge in [-0.15, -0.1) is 0 Å². The molecule has 0 radical (unpaired) electrons. The van der Waals surface area contributed by atoms with E-state index in [1.807, 2.05) is 12.1 Å². The molecular weight excluding hydrogens is 284 g/mol. The van der Waals surface area contributed by atoms with E-state index in [-0.39, 0.29) is 5.41 Å². The summed E-state index contributed by atoms with van der Waals surface area (Å²) in [7, 11) is -3.40. The number of sulfonamides is 1.